The number of hydrogen-bond donors (Lipinski definition) is 0. The minimum atomic E-state index is -0.976. The number of esters is 1. The van der Waals surface area contributed by atoms with E-state index < -0.39 is 18.6 Å². The third-order valence-electron chi connectivity index (χ3n) is 6.78. The van der Waals surface area contributed by atoms with Crippen LogP contribution in [0.25, 0.3) is 0 Å². The summed E-state index contributed by atoms with van der Waals surface area (Å²) >= 11 is 0. The maximum atomic E-state index is 12.9. The van der Waals surface area contributed by atoms with Gasteiger partial charge in [0.05, 0.1) is 11.8 Å². The molecule has 5 aliphatic rings. The predicted octanol–water partition coefficient (Wildman–Crippen LogP) is 1.85. The summed E-state index contributed by atoms with van der Waals surface area (Å²) in [5.74, 6) is -0.965. The first-order chi connectivity index (χ1) is 13.5. The van der Waals surface area contributed by atoms with Crippen LogP contribution in [0.3, 0.4) is 0 Å². The van der Waals surface area contributed by atoms with E-state index in [1.807, 2.05) is 0 Å². The van der Waals surface area contributed by atoms with E-state index in [9.17, 15) is 19.2 Å². The fraction of sp³-hybridized carbons (Fsp3) is 0.455. The molecule has 7 atom stereocenters. The number of amides is 2. The molecule has 1 heterocycles. The number of Topliss-reactive ketones (excluding diaryl/α,β-unsaturated/α-hetero) is 1. The van der Waals surface area contributed by atoms with Gasteiger partial charge in [-0.2, -0.15) is 0 Å². The Morgan fingerprint density at radius 2 is 1.61 bits per heavy atom. The first kappa shape index (κ1) is 17.3. The highest BCUT2D eigenvalue weighted by Crippen LogP contribution is 2.65. The molecule has 1 aromatic rings. The first-order valence-corrected chi connectivity index (χ1v) is 9.79. The lowest BCUT2D eigenvalue weighted by Gasteiger charge is -2.37. The number of carbonyl (C=O) groups is 4. The zero-order valence-corrected chi connectivity index (χ0v) is 15.5. The summed E-state index contributed by atoms with van der Waals surface area (Å²) in [6.45, 7) is 1.07. The molecule has 0 aromatic heterocycles. The molecule has 144 valence electrons. The second kappa shape index (κ2) is 6.12. The maximum absolute atomic E-state index is 12.9. The summed E-state index contributed by atoms with van der Waals surface area (Å²) in [6.07, 6.45) is 4.30. The standard InChI is InChI=1S/C22H21NO5/c1-11(20(25)12-5-3-2-4-6-12)28-17(24)10-23-21(26)18-13-7-8-14(16-9-15(13)16)19(18)22(23)27/h2-8,11,13-16,18-19H,9-10H2,1H3/t11-,13+,14+,15+,16+,18-,19-/m0/s1. The molecular formula is C22H21NO5. The second-order valence-electron chi connectivity index (χ2n) is 8.28. The van der Waals surface area contributed by atoms with Gasteiger partial charge in [0.2, 0.25) is 17.6 Å². The molecular weight excluding hydrogens is 358 g/mol. The largest absolute Gasteiger partial charge is 0.453 e. The van der Waals surface area contributed by atoms with Crippen LogP contribution in [0.5, 0.6) is 0 Å². The van der Waals surface area contributed by atoms with E-state index in [1.54, 1.807) is 30.3 Å². The topological polar surface area (TPSA) is 80.8 Å². The molecule has 0 unspecified atom stereocenters. The van der Waals surface area contributed by atoms with Crippen LogP contribution in [0.4, 0.5) is 0 Å². The van der Waals surface area contributed by atoms with Crippen LogP contribution >= 0.6 is 0 Å². The van der Waals surface area contributed by atoms with Crippen molar-refractivity contribution in [1.29, 1.82) is 0 Å². The predicted molar refractivity (Wildman–Crippen MR) is 97.7 cm³/mol. The smallest absolute Gasteiger partial charge is 0.326 e. The molecule has 6 heteroatoms. The highest BCUT2D eigenvalue weighted by atomic mass is 16.5. The normalized spacial score (nSPS) is 35.4. The summed E-state index contributed by atoms with van der Waals surface area (Å²) in [5.41, 5.74) is 0.448. The minimum Gasteiger partial charge on any atom is -0.453 e. The average molecular weight is 379 g/mol. The van der Waals surface area contributed by atoms with Crippen LogP contribution in [0.2, 0.25) is 0 Å². The van der Waals surface area contributed by atoms with Crippen molar-refractivity contribution < 1.29 is 23.9 Å². The summed E-state index contributed by atoms with van der Waals surface area (Å²) in [5, 5.41) is 0. The fourth-order valence-corrected chi connectivity index (χ4v) is 5.43. The third-order valence-corrected chi connectivity index (χ3v) is 6.78. The molecule has 1 saturated heterocycles. The molecule has 2 amide bonds. The molecule has 0 N–H and O–H groups in total. The van der Waals surface area contributed by atoms with Crippen LogP contribution in [-0.2, 0) is 19.1 Å². The number of ketones is 1. The minimum absolute atomic E-state index is 0.121. The van der Waals surface area contributed by atoms with Crippen LogP contribution in [0.15, 0.2) is 42.5 Å². The lowest BCUT2D eigenvalue weighted by atomic mass is 9.63. The third kappa shape index (κ3) is 2.47. The van der Waals surface area contributed by atoms with Crippen LogP contribution in [0, 0.1) is 35.5 Å². The summed E-state index contributed by atoms with van der Waals surface area (Å²) in [7, 11) is 0. The molecule has 1 aromatic carbocycles. The summed E-state index contributed by atoms with van der Waals surface area (Å²) < 4.78 is 5.23. The van der Waals surface area contributed by atoms with Crippen molar-refractivity contribution in [1.82, 2.24) is 4.90 Å². The molecule has 3 fully saturated rings. The molecule has 28 heavy (non-hydrogen) atoms. The molecule has 0 spiro atoms. The van der Waals surface area contributed by atoms with Crippen molar-refractivity contribution in [3.63, 3.8) is 0 Å². The number of nitrogens with zero attached hydrogens (tertiary/aromatic N) is 1. The molecule has 4 aliphatic carbocycles. The summed E-state index contributed by atoms with van der Waals surface area (Å²) in [4.78, 5) is 51.5. The van der Waals surface area contributed by atoms with Crippen molar-refractivity contribution >= 4 is 23.6 Å². The van der Waals surface area contributed by atoms with Gasteiger partial charge in [-0.15, -0.1) is 0 Å². The van der Waals surface area contributed by atoms with Gasteiger partial charge in [0.15, 0.2) is 6.10 Å². The van der Waals surface area contributed by atoms with E-state index in [-0.39, 0.29) is 41.3 Å². The van der Waals surface area contributed by atoms with Gasteiger partial charge in [-0.1, -0.05) is 42.5 Å². The van der Waals surface area contributed by atoms with E-state index in [1.165, 1.54) is 6.92 Å². The maximum Gasteiger partial charge on any atom is 0.326 e. The van der Waals surface area contributed by atoms with E-state index >= 15 is 0 Å². The Labute approximate surface area is 162 Å². The van der Waals surface area contributed by atoms with Crippen molar-refractivity contribution in [3.8, 4) is 0 Å². The van der Waals surface area contributed by atoms with E-state index in [0.29, 0.717) is 17.4 Å². The van der Waals surface area contributed by atoms with Crippen molar-refractivity contribution in [3.05, 3.63) is 48.0 Å². The quantitative estimate of drug-likeness (QED) is 0.338. The zero-order valence-electron chi connectivity index (χ0n) is 15.5. The van der Waals surface area contributed by atoms with Crippen LogP contribution in [-0.4, -0.2) is 41.1 Å². The van der Waals surface area contributed by atoms with Gasteiger partial charge >= 0.3 is 5.97 Å². The van der Waals surface area contributed by atoms with Gasteiger partial charge in [0.25, 0.3) is 0 Å². The molecule has 6 nitrogen and oxygen atoms in total. The van der Waals surface area contributed by atoms with E-state index in [2.05, 4.69) is 12.2 Å². The molecule has 0 radical (unpaired) electrons. The van der Waals surface area contributed by atoms with Crippen molar-refractivity contribution in [2.75, 3.05) is 6.54 Å². The van der Waals surface area contributed by atoms with Gasteiger partial charge in [-0.3, -0.25) is 24.1 Å². The van der Waals surface area contributed by atoms with Gasteiger partial charge in [-0.25, -0.2) is 0 Å². The number of imide groups is 1. The zero-order chi connectivity index (χ0) is 19.6. The van der Waals surface area contributed by atoms with Gasteiger partial charge in [0.1, 0.15) is 6.54 Å². The molecule has 1 aliphatic heterocycles. The Kier molecular flexibility index (Phi) is 3.79. The van der Waals surface area contributed by atoms with E-state index in [0.717, 1.165) is 11.3 Å². The van der Waals surface area contributed by atoms with Gasteiger partial charge in [-0.05, 0) is 37.0 Å². The summed E-state index contributed by atoms with van der Waals surface area (Å²) in [6, 6.07) is 8.57. The Balaban J connectivity index is 1.26. The van der Waals surface area contributed by atoms with Crippen molar-refractivity contribution in [2.45, 2.75) is 19.4 Å². The lowest BCUT2D eigenvalue weighted by Crippen LogP contribution is -2.40. The molecule has 2 saturated carbocycles. The highest BCUT2D eigenvalue weighted by molar-refractivity contribution is 6.08. The number of rotatable bonds is 5. The highest BCUT2D eigenvalue weighted by Gasteiger charge is 2.67. The number of carbonyl (C=O) groups excluding carboxylic acids is 4. The number of ether oxygens (including phenoxy) is 1. The number of benzene rings is 1. The Morgan fingerprint density at radius 3 is 2.18 bits per heavy atom. The molecule has 6 rings (SSSR count). The fourth-order valence-electron chi connectivity index (χ4n) is 5.43. The van der Waals surface area contributed by atoms with E-state index in [4.69, 9.17) is 4.74 Å². The Morgan fingerprint density at radius 1 is 1.04 bits per heavy atom. The first-order valence-electron chi connectivity index (χ1n) is 9.79. The second-order valence-corrected chi connectivity index (χ2v) is 8.28. The number of likely N-dealkylation sites (tertiary alicyclic amines) is 1. The van der Waals surface area contributed by atoms with Crippen LogP contribution < -0.4 is 0 Å². The monoisotopic (exact) mass is 379 g/mol. The Hall–Kier alpha value is -2.76. The van der Waals surface area contributed by atoms with Crippen LogP contribution in [0.1, 0.15) is 23.7 Å². The van der Waals surface area contributed by atoms with Gasteiger partial charge < -0.3 is 4.74 Å². The van der Waals surface area contributed by atoms with Crippen molar-refractivity contribution in [2.24, 2.45) is 35.5 Å². The Bertz CT molecular complexity index is 871. The lowest BCUT2D eigenvalue weighted by molar-refractivity contribution is -0.154. The average Bonchev–Trinajstić information content (AvgIpc) is 3.49. The number of allylic oxidation sites excluding steroid dienone is 2. The SMILES string of the molecule is C[C@H](OC(=O)CN1C(=O)[C@H]2[C@@H]3C=C[C@H]([C@H]4C[C@H]34)[C@@H]2C1=O)C(=O)c1ccccc1. The number of hydrogen-bond acceptors (Lipinski definition) is 5. The van der Waals surface area contributed by atoms with Gasteiger partial charge in [0, 0.05) is 5.56 Å². The molecule has 2 bridgehead atoms.